The van der Waals surface area contributed by atoms with Gasteiger partial charge in [0.15, 0.2) is 0 Å². The number of hydrogen-bond acceptors (Lipinski definition) is 4. The summed E-state index contributed by atoms with van der Waals surface area (Å²) in [6.45, 7) is 5.70. The predicted molar refractivity (Wildman–Crippen MR) is 80.2 cm³/mol. The number of benzene rings is 1. The summed E-state index contributed by atoms with van der Waals surface area (Å²) in [6.07, 6.45) is 1.36. The van der Waals surface area contributed by atoms with E-state index in [1.807, 2.05) is 51.1 Å². The van der Waals surface area contributed by atoms with Crippen LogP contribution in [0.5, 0.6) is 0 Å². The van der Waals surface area contributed by atoms with Gasteiger partial charge in [0, 0.05) is 12.0 Å². The van der Waals surface area contributed by atoms with Gasteiger partial charge in [-0.1, -0.05) is 30.3 Å². The number of nitrogens with zero attached hydrogens (tertiary/aromatic N) is 3. The van der Waals surface area contributed by atoms with Crippen LogP contribution in [0.4, 0.5) is 0 Å². The lowest BCUT2D eigenvalue weighted by Crippen LogP contribution is -2.30. The highest BCUT2D eigenvalue weighted by atomic mass is 32.2. The standard InChI is InChI=1S/C14H20N4O2S/c1-14(2,3)18-12(16-17-13(18)21(15,19)20)10-9-11-7-5-4-6-8-11/h4-8H,9-10H2,1-3H3,(H2,15,19,20). The summed E-state index contributed by atoms with van der Waals surface area (Å²) < 4.78 is 24.9. The summed E-state index contributed by atoms with van der Waals surface area (Å²) in [5.41, 5.74) is 0.704. The summed E-state index contributed by atoms with van der Waals surface area (Å²) in [5.74, 6) is 0.621. The van der Waals surface area contributed by atoms with Crippen LogP contribution >= 0.6 is 0 Å². The van der Waals surface area contributed by atoms with Crippen LogP contribution in [0.15, 0.2) is 35.5 Å². The van der Waals surface area contributed by atoms with Crippen LogP contribution in [0, 0.1) is 0 Å². The average Bonchev–Trinajstić information content (AvgIpc) is 2.81. The van der Waals surface area contributed by atoms with Crippen molar-refractivity contribution in [2.75, 3.05) is 0 Å². The molecule has 0 amide bonds. The maximum Gasteiger partial charge on any atom is 0.273 e. The smallest absolute Gasteiger partial charge is 0.273 e. The van der Waals surface area contributed by atoms with E-state index in [0.29, 0.717) is 12.2 Å². The first-order valence-electron chi connectivity index (χ1n) is 6.71. The average molecular weight is 308 g/mol. The minimum atomic E-state index is -3.89. The van der Waals surface area contributed by atoms with Crippen LogP contribution in [0.25, 0.3) is 0 Å². The lowest BCUT2D eigenvalue weighted by molar-refractivity contribution is 0.349. The summed E-state index contributed by atoms with van der Waals surface area (Å²) >= 11 is 0. The Morgan fingerprint density at radius 1 is 1.10 bits per heavy atom. The first-order valence-corrected chi connectivity index (χ1v) is 8.26. The monoisotopic (exact) mass is 308 g/mol. The number of primary sulfonamides is 1. The quantitative estimate of drug-likeness (QED) is 0.926. The molecule has 0 aliphatic heterocycles. The summed E-state index contributed by atoms with van der Waals surface area (Å²) in [6, 6.07) is 9.95. The summed E-state index contributed by atoms with van der Waals surface area (Å²) in [5, 5.41) is 12.8. The van der Waals surface area contributed by atoms with Crippen molar-refractivity contribution in [2.24, 2.45) is 5.14 Å². The molecule has 6 nitrogen and oxygen atoms in total. The van der Waals surface area contributed by atoms with Crippen molar-refractivity contribution >= 4 is 10.0 Å². The molecule has 2 rings (SSSR count). The Bertz CT molecular complexity index is 715. The highest BCUT2D eigenvalue weighted by molar-refractivity contribution is 7.89. The third kappa shape index (κ3) is 3.68. The molecule has 0 unspecified atom stereocenters. The number of hydrogen-bond donors (Lipinski definition) is 1. The highest BCUT2D eigenvalue weighted by Crippen LogP contribution is 2.21. The molecule has 0 spiro atoms. The largest absolute Gasteiger partial charge is 0.295 e. The van der Waals surface area contributed by atoms with Gasteiger partial charge < -0.3 is 0 Å². The van der Waals surface area contributed by atoms with Gasteiger partial charge in [-0.25, -0.2) is 13.6 Å². The van der Waals surface area contributed by atoms with Crippen molar-refractivity contribution < 1.29 is 8.42 Å². The Labute approximate surface area is 125 Å². The molecule has 0 aliphatic carbocycles. The zero-order chi connectivity index (χ0) is 15.7. The van der Waals surface area contributed by atoms with Crippen molar-refractivity contribution in [1.82, 2.24) is 14.8 Å². The Hall–Kier alpha value is -1.73. The molecule has 1 aromatic heterocycles. The Kier molecular flexibility index (Phi) is 4.15. The number of rotatable bonds is 4. The van der Waals surface area contributed by atoms with Gasteiger partial charge in [0.25, 0.3) is 15.2 Å². The fraction of sp³-hybridized carbons (Fsp3) is 0.429. The van der Waals surface area contributed by atoms with E-state index in [0.717, 1.165) is 12.0 Å². The molecule has 7 heteroatoms. The van der Waals surface area contributed by atoms with Crippen molar-refractivity contribution in [1.29, 1.82) is 0 Å². The lowest BCUT2D eigenvalue weighted by atomic mass is 10.1. The molecule has 0 radical (unpaired) electrons. The molecule has 1 heterocycles. The second kappa shape index (κ2) is 5.57. The molecule has 0 fully saturated rings. The predicted octanol–water partition coefficient (Wildman–Crippen LogP) is 1.47. The zero-order valence-electron chi connectivity index (χ0n) is 12.4. The fourth-order valence-electron chi connectivity index (χ4n) is 2.22. The van der Waals surface area contributed by atoms with Gasteiger partial charge in [0.05, 0.1) is 0 Å². The van der Waals surface area contributed by atoms with Gasteiger partial charge in [0.1, 0.15) is 5.82 Å². The third-order valence-corrected chi connectivity index (χ3v) is 3.88. The van der Waals surface area contributed by atoms with E-state index in [-0.39, 0.29) is 5.16 Å². The van der Waals surface area contributed by atoms with E-state index in [2.05, 4.69) is 10.2 Å². The highest BCUT2D eigenvalue weighted by Gasteiger charge is 2.28. The van der Waals surface area contributed by atoms with Gasteiger partial charge in [-0.05, 0) is 32.8 Å². The Balaban J connectivity index is 2.34. The van der Waals surface area contributed by atoms with Crippen molar-refractivity contribution in [2.45, 2.75) is 44.3 Å². The van der Waals surface area contributed by atoms with E-state index >= 15 is 0 Å². The van der Waals surface area contributed by atoms with Gasteiger partial charge in [-0.15, -0.1) is 10.2 Å². The van der Waals surface area contributed by atoms with Crippen LogP contribution < -0.4 is 5.14 Å². The van der Waals surface area contributed by atoms with Crippen molar-refractivity contribution in [3.05, 3.63) is 41.7 Å². The molecule has 21 heavy (non-hydrogen) atoms. The third-order valence-electron chi connectivity index (χ3n) is 3.11. The normalized spacial score (nSPS) is 12.6. The van der Waals surface area contributed by atoms with E-state index in [1.54, 1.807) is 4.57 Å². The number of sulfonamides is 1. The summed E-state index contributed by atoms with van der Waals surface area (Å²) in [7, 11) is -3.89. The van der Waals surface area contributed by atoms with Gasteiger partial charge in [0.2, 0.25) is 0 Å². The topological polar surface area (TPSA) is 90.9 Å². The van der Waals surface area contributed by atoms with Crippen LogP contribution in [0.3, 0.4) is 0 Å². The van der Waals surface area contributed by atoms with Gasteiger partial charge >= 0.3 is 0 Å². The minimum Gasteiger partial charge on any atom is -0.295 e. The zero-order valence-corrected chi connectivity index (χ0v) is 13.3. The maximum absolute atomic E-state index is 11.6. The molecule has 0 saturated heterocycles. The molecule has 2 aromatic rings. The first kappa shape index (κ1) is 15.7. The molecular weight excluding hydrogens is 288 g/mol. The molecule has 1 aromatic carbocycles. The van der Waals surface area contributed by atoms with Crippen LogP contribution in [-0.4, -0.2) is 23.2 Å². The Morgan fingerprint density at radius 3 is 2.24 bits per heavy atom. The molecule has 0 atom stereocenters. The van der Waals surface area contributed by atoms with E-state index in [4.69, 9.17) is 5.14 Å². The van der Waals surface area contributed by atoms with Gasteiger partial charge in [-0.3, -0.25) is 4.57 Å². The Morgan fingerprint density at radius 2 is 1.71 bits per heavy atom. The first-order chi connectivity index (χ1) is 9.69. The molecule has 0 aliphatic rings. The van der Waals surface area contributed by atoms with Crippen molar-refractivity contribution in [3.8, 4) is 0 Å². The second-order valence-corrected chi connectivity index (χ2v) is 7.39. The maximum atomic E-state index is 11.6. The molecular formula is C14H20N4O2S. The summed E-state index contributed by atoms with van der Waals surface area (Å²) in [4.78, 5) is 0. The molecule has 0 bridgehead atoms. The van der Waals surface area contributed by atoms with Gasteiger partial charge in [-0.2, -0.15) is 0 Å². The van der Waals surface area contributed by atoms with E-state index < -0.39 is 15.6 Å². The number of nitrogens with two attached hydrogens (primary N) is 1. The van der Waals surface area contributed by atoms with Crippen LogP contribution in [0.1, 0.15) is 32.2 Å². The second-order valence-electron chi connectivity index (χ2n) is 5.94. The minimum absolute atomic E-state index is 0.182. The molecule has 0 saturated carbocycles. The fourth-order valence-corrected chi connectivity index (χ4v) is 3.01. The van der Waals surface area contributed by atoms with Crippen molar-refractivity contribution in [3.63, 3.8) is 0 Å². The molecule has 2 N–H and O–H groups in total. The number of aromatic nitrogens is 3. The van der Waals surface area contributed by atoms with E-state index in [1.165, 1.54) is 0 Å². The number of aryl methyl sites for hydroxylation is 2. The van der Waals surface area contributed by atoms with E-state index in [9.17, 15) is 8.42 Å². The van der Waals surface area contributed by atoms with Crippen LogP contribution in [-0.2, 0) is 28.4 Å². The SMILES string of the molecule is CC(C)(C)n1c(CCc2ccccc2)nnc1S(N)(=O)=O. The molecule has 114 valence electrons. The van der Waals surface area contributed by atoms with Crippen LogP contribution in [0.2, 0.25) is 0 Å². The lowest BCUT2D eigenvalue weighted by Gasteiger charge is -2.24.